The third kappa shape index (κ3) is 1.99. The summed E-state index contributed by atoms with van der Waals surface area (Å²) in [4.78, 5) is 11.2. The third-order valence-electron chi connectivity index (χ3n) is 2.90. The first-order valence-corrected chi connectivity index (χ1v) is 6.04. The van der Waals surface area contributed by atoms with Crippen LogP contribution in [-0.2, 0) is 6.54 Å². The summed E-state index contributed by atoms with van der Waals surface area (Å²) < 4.78 is 1.61. The number of aromatic nitrogens is 2. The molecule has 5 heteroatoms. The van der Waals surface area contributed by atoms with E-state index >= 15 is 0 Å². The van der Waals surface area contributed by atoms with Crippen molar-refractivity contribution in [1.82, 2.24) is 9.78 Å². The zero-order valence-corrected chi connectivity index (χ0v) is 11.0. The Balaban J connectivity index is 2.70. The lowest BCUT2D eigenvalue weighted by atomic mass is 10.0. The summed E-state index contributed by atoms with van der Waals surface area (Å²) in [6, 6.07) is 5.50. The van der Waals surface area contributed by atoms with Gasteiger partial charge in [0.25, 0.3) is 0 Å². The van der Waals surface area contributed by atoms with Gasteiger partial charge < -0.3 is 5.73 Å². The van der Waals surface area contributed by atoms with Crippen molar-refractivity contribution in [2.24, 2.45) is 0 Å². The van der Waals surface area contributed by atoms with Crippen molar-refractivity contribution in [3.63, 3.8) is 0 Å². The number of anilines is 1. The van der Waals surface area contributed by atoms with Crippen molar-refractivity contribution in [3.05, 3.63) is 34.3 Å². The molecule has 18 heavy (non-hydrogen) atoms. The molecule has 1 aromatic carbocycles. The minimum absolute atomic E-state index is 0.391. The highest BCUT2D eigenvalue weighted by atomic mass is 35.5. The average Bonchev–Trinajstić information content (AvgIpc) is 2.68. The highest BCUT2D eigenvalue weighted by Crippen LogP contribution is 2.30. The Morgan fingerprint density at radius 2 is 2.22 bits per heavy atom. The van der Waals surface area contributed by atoms with Crippen molar-refractivity contribution in [2.45, 2.75) is 20.4 Å². The maximum absolute atomic E-state index is 11.2. The van der Waals surface area contributed by atoms with Crippen LogP contribution in [0, 0.1) is 6.92 Å². The molecule has 0 atom stereocenters. The second kappa shape index (κ2) is 4.82. The molecule has 2 N–H and O–H groups in total. The fourth-order valence-electron chi connectivity index (χ4n) is 1.89. The smallest absolute Gasteiger partial charge is 0.156 e. The SMILES string of the molecule is CCn1nc(-c2cc(Cl)ccc2C)c(C=O)c1N. The molecule has 0 amide bonds. The highest BCUT2D eigenvalue weighted by Gasteiger charge is 2.17. The Kier molecular flexibility index (Phi) is 3.39. The first-order valence-electron chi connectivity index (χ1n) is 5.66. The van der Waals surface area contributed by atoms with Crippen molar-refractivity contribution in [2.75, 3.05) is 5.73 Å². The number of aldehydes is 1. The number of nitrogen functional groups attached to an aromatic ring is 1. The van der Waals surface area contributed by atoms with Crippen LogP contribution in [0.4, 0.5) is 5.82 Å². The van der Waals surface area contributed by atoms with Gasteiger partial charge in [-0.25, -0.2) is 4.68 Å². The number of nitrogens with two attached hydrogens (primary N) is 1. The Bertz CT molecular complexity index is 605. The van der Waals surface area contributed by atoms with Gasteiger partial charge >= 0.3 is 0 Å². The first-order chi connectivity index (χ1) is 8.58. The number of hydrogen-bond acceptors (Lipinski definition) is 3. The van der Waals surface area contributed by atoms with E-state index in [1.807, 2.05) is 19.9 Å². The van der Waals surface area contributed by atoms with Crippen LogP contribution in [0.1, 0.15) is 22.8 Å². The molecule has 0 unspecified atom stereocenters. The summed E-state index contributed by atoms with van der Waals surface area (Å²) in [5.74, 6) is 0.391. The van der Waals surface area contributed by atoms with Gasteiger partial charge in [0, 0.05) is 17.1 Å². The first kappa shape index (κ1) is 12.6. The van der Waals surface area contributed by atoms with Gasteiger partial charge in [0.1, 0.15) is 11.5 Å². The lowest BCUT2D eigenvalue weighted by Gasteiger charge is -2.03. The summed E-state index contributed by atoms with van der Waals surface area (Å²) in [7, 11) is 0. The average molecular weight is 264 g/mol. The predicted octanol–water partition coefficient (Wildman–Crippen LogP) is 2.93. The maximum Gasteiger partial charge on any atom is 0.156 e. The number of halogens is 1. The van der Waals surface area contributed by atoms with Crippen LogP contribution >= 0.6 is 11.6 Å². The highest BCUT2D eigenvalue weighted by molar-refractivity contribution is 6.30. The second-order valence-electron chi connectivity index (χ2n) is 4.04. The molecule has 0 aliphatic rings. The molecule has 0 aliphatic heterocycles. The molecule has 1 aromatic heterocycles. The van der Waals surface area contributed by atoms with E-state index in [4.69, 9.17) is 17.3 Å². The number of rotatable bonds is 3. The lowest BCUT2D eigenvalue weighted by molar-refractivity contribution is 0.112. The number of nitrogens with zero attached hydrogens (tertiary/aromatic N) is 2. The summed E-state index contributed by atoms with van der Waals surface area (Å²) in [5, 5.41) is 4.98. The van der Waals surface area contributed by atoms with Crippen LogP contribution in [0.15, 0.2) is 18.2 Å². The molecule has 0 spiro atoms. The van der Waals surface area contributed by atoms with Crippen LogP contribution in [0.25, 0.3) is 11.3 Å². The molecular weight excluding hydrogens is 250 g/mol. The zero-order valence-electron chi connectivity index (χ0n) is 10.3. The summed E-state index contributed by atoms with van der Waals surface area (Å²) >= 11 is 5.99. The minimum Gasteiger partial charge on any atom is -0.383 e. The van der Waals surface area contributed by atoms with Crippen molar-refractivity contribution < 1.29 is 4.79 Å². The van der Waals surface area contributed by atoms with E-state index in [2.05, 4.69) is 5.10 Å². The van der Waals surface area contributed by atoms with Crippen molar-refractivity contribution in [3.8, 4) is 11.3 Å². The number of carbonyl (C=O) groups is 1. The summed E-state index contributed by atoms with van der Waals surface area (Å²) in [5.41, 5.74) is 8.73. The van der Waals surface area contributed by atoms with E-state index in [0.29, 0.717) is 28.6 Å². The van der Waals surface area contributed by atoms with Gasteiger partial charge in [-0.1, -0.05) is 17.7 Å². The quantitative estimate of drug-likeness (QED) is 0.866. The maximum atomic E-state index is 11.2. The fourth-order valence-corrected chi connectivity index (χ4v) is 2.07. The van der Waals surface area contributed by atoms with E-state index in [1.165, 1.54) is 0 Å². The minimum atomic E-state index is 0.391. The van der Waals surface area contributed by atoms with E-state index in [-0.39, 0.29) is 0 Å². The second-order valence-corrected chi connectivity index (χ2v) is 4.48. The topological polar surface area (TPSA) is 60.9 Å². The van der Waals surface area contributed by atoms with Gasteiger partial charge in [-0.05, 0) is 31.5 Å². The number of aryl methyl sites for hydroxylation is 2. The molecular formula is C13H14ClN3O. The van der Waals surface area contributed by atoms with Crippen LogP contribution in [0.5, 0.6) is 0 Å². The Labute approximate surface area is 110 Å². The summed E-state index contributed by atoms with van der Waals surface area (Å²) in [6.07, 6.45) is 0.740. The zero-order chi connectivity index (χ0) is 13.3. The molecule has 4 nitrogen and oxygen atoms in total. The standard InChI is InChI=1S/C13H14ClN3O/c1-3-17-13(15)11(7-18)12(16-17)10-6-9(14)5-4-8(10)2/h4-7H,3,15H2,1-2H3. The van der Waals surface area contributed by atoms with Crippen LogP contribution in [0.3, 0.4) is 0 Å². The van der Waals surface area contributed by atoms with Crippen molar-refractivity contribution >= 4 is 23.7 Å². The molecule has 2 aromatic rings. The van der Waals surface area contributed by atoms with Crippen LogP contribution in [0.2, 0.25) is 5.02 Å². The van der Waals surface area contributed by atoms with E-state index in [0.717, 1.165) is 17.4 Å². The lowest BCUT2D eigenvalue weighted by Crippen LogP contribution is -2.02. The Morgan fingerprint density at radius 1 is 1.50 bits per heavy atom. The van der Waals surface area contributed by atoms with Crippen LogP contribution in [-0.4, -0.2) is 16.1 Å². The van der Waals surface area contributed by atoms with Gasteiger partial charge in [0.05, 0.1) is 5.56 Å². The Morgan fingerprint density at radius 3 is 2.83 bits per heavy atom. The molecule has 0 radical (unpaired) electrons. The van der Waals surface area contributed by atoms with Gasteiger partial charge in [0.15, 0.2) is 6.29 Å². The van der Waals surface area contributed by atoms with Gasteiger partial charge in [-0.2, -0.15) is 5.10 Å². The molecule has 2 rings (SSSR count). The van der Waals surface area contributed by atoms with E-state index in [9.17, 15) is 4.79 Å². The van der Waals surface area contributed by atoms with Crippen molar-refractivity contribution in [1.29, 1.82) is 0 Å². The normalized spacial score (nSPS) is 10.6. The van der Waals surface area contributed by atoms with E-state index < -0.39 is 0 Å². The molecule has 94 valence electrons. The van der Waals surface area contributed by atoms with Gasteiger partial charge in [0.2, 0.25) is 0 Å². The van der Waals surface area contributed by atoms with Crippen LogP contribution < -0.4 is 5.73 Å². The van der Waals surface area contributed by atoms with Gasteiger partial charge in [-0.15, -0.1) is 0 Å². The molecule has 0 bridgehead atoms. The number of benzene rings is 1. The molecule has 0 saturated carbocycles. The summed E-state index contributed by atoms with van der Waals surface area (Å²) in [6.45, 7) is 4.49. The predicted molar refractivity (Wildman–Crippen MR) is 72.9 cm³/mol. The third-order valence-corrected chi connectivity index (χ3v) is 3.14. The fraction of sp³-hybridized carbons (Fsp3) is 0.231. The van der Waals surface area contributed by atoms with Gasteiger partial charge in [-0.3, -0.25) is 4.79 Å². The monoisotopic (exact) mass is 263 g/mol. The molecule has 0 fully saturated rings. The largest absolute Gasteiger partial charge is 0.383 e. The number of hydrogen-bond donors (Lipinski definition) is 1. The molecule has 1 heterocycles. The number of carbonyl (C=O) groups excluding carboxylic acids is 1. The Hall–Kier alpha value is -1.81. The molecule has 0 aliphatic carbocycles. The van der Waals surface area contributed by atoms with E-state index in [1.54, 1.807) is 16.8 Å². The molecule has 0 saturated heterocycles.